The SMILES string of the molecule is Cc1nc(N2CCCCC2)c2sc3nc4c(cc3c2n1)CCC(C)(C)C4. The Hall–Kier alpha value is -1.75. The Morgan fingerprint density at radius 1 is 1.08 bits per heavy atom. The van der Waals surface area contributed by atoms with Crippen LogP contribution in [0.25, 0.3) is 20.4 Å². The van der Waals surface area contributed by atoms with Crippen LogP contribution < -0.4 is 4.90 Å². The molecule has 0 amide bonds. The first-order valence-electron chi connectivity index (χ1n) is 9.85. The smallest absolute Gasteiger partial charge is 0.150 e. The lowest BCUT2D eigenvalue weighted by molar-refractivity contribution is 0.311. The molecule has 3 aromatic rings. The van der Waals surface area contributed by atoms with Crippen molar-refractivity contribution < 1.29 is 0 Å². The largest absolute Gasteiger partial charge is 0.355 e. The topological polar surface area (TPSA) is 41.9 Å². The number of aryl methyl sites for hydroxylation is 2. The highest BCUT2D eigenvalue weighted by Gasteiger charge is 2.28. The molecule has 136 valence electrons. The van der Waals surface area contributed by atoms with Crippen molar-refractivity contribution in [3.8, 4) is 0 Å². The van der Waals surface area contributed by atoms with Crippen molar-refractivity contribution >= 4 is 37.6 Å². The lowest BCUT2D eigenvalue weighted by Crippen LogP contribution is -2.30. The first-order chi connectivity index (χ1) is 12.5. The first-order valence-corrected chi connectivity index (χ1v) is 10.7. The summed E-state index contributed by atoms with van der Waals surface area (Å²) >= 11 is 1.79. The summed E-state index contributed by atoms with van der Waals surface area (Å²) in [6, 6.07) is 2.37. The minimum Gasteiger partial charge on any atom is -0.355 e. The molecule has 1 aliphatic heterocycles. The molecular weight excluding hydrogens is 340 g/mol. The maximum Gasteiger partial charge on any atom is 0.150 e. The fraction of sp³-hybridized carbons (Fsp3) is 0.571. The number of nitrogens with zero attached hydrogens (tertiary/aromatic N) is 4. The number of fused-ring (bicyclic) bond motifs is 4. The fourth-order valence-electron chi connectivity index (χ4n) is 4.45. The van der Waals surface area contributed by atoms with Gasteiger partial charge in [0.25, 0.3) is 0 Å². The Bertz CT molecular complexity index is 998. The van der Waals surface area contributed by atoms with Crippen molar-refractivity contribution in [1.29, 1.82) is 0 Å². The molecule has 0 saturated carbocycles. The van der Waals surface area contributed by atoms with Crippen LogP contribution in [0, 0.1) is 12.3 Å². The summed E-state index contributed by atoms with van der Waals surface area (Å²) in [6.45, 7) is 8.95. The zero-order valence-electron chi connectivity index (χ0n) is 15.9. The van der Waals surface area contributed by atoms with Gasteiger partial charge in [0.1, 0.15) is 16.5 Å². The molecule has 0 bridgehead atoms. The first kappa shape index (κ1) is 16.4. The number of anilines is 1. The van der Waals surface area contributed by atoms with E-state index < -0.39 is 0 Å². The van der Waals surface area contributed by atoms with E-state index in [1.54, 1.807) is 11.3 Å². The van der Waals surface area contributed by atoms with Gasteiger partial charge in [-0.15, -0.1) is 11.3 Å². The summed E-state index contributed by atoms with van der Waals surface area (Å²) in [6.07, 6.45) is 7.30. The van der Waals surface area contributed by atoms with Crippen molar-refractivity contribution in [2.24, 2.45) is 5.41 Å². The van der Waals surface area contributed by atoms with Crippen molar-refractivity contribution in [3.63, 3.8) is 0 Å². The second-order valence-electron chi connectivity index (χ2n) is 8.71. The normalized spacial score (nSPS) is 19.9. The molecule has 3 aromatic heterocycles. The van der Waals surface area contributed by atoms with Gasteiger partial charge in [-0.05, 0) is 62.5 Å². The molecule has 0 N–H and O–H groups in total. The van der Waals surface area contributed by atoms with Crippen LogP contribution >= 0.6 is 11.3 Å². The Morgan fingerprint density at radius 2 is 1.88 bits per heavy atom. The molecule has 2 aliphatic rings. The molecule has 1 fully saturated rings. The average Bonchev–Trinajstić information content (AvgIpc) is 2.96. The molecule has 4 heterocycles. The van der Waals surface area contributed by atoms with Crippen molar-refractivity contribution in [2.45, 2.75) is 59.3 Å². The van der Waals surface area contributed by atoms with E-state index in [9.17, 15) is 0 Å². The molecule has 0 spiro atoms. The van der Waals surface area contributed by atoms with Gasteiger partial charge in [0.05, 0.1) is 10.2 Å². The molecule has 4 nitrogen and oxygen atoms in total. The van der Waals surface area contributed by atoms with Crippen LogP contribution in [0.5, 0.6) is 0 Å². The van der Waals surface area contributed by atoms with Crippen molar-refractivity contribution in [2.75, 3.05) is 18.0 Å². The second-order valence-corrected chi connectivity index (χ2v) is 9.71. The molecule has 0 atom stereocenters. The number of pyridine rings is 1. The Labute approximate surface area is 158 Å². The predicted molar refractivity (Wildman–Crippen MR) is 109 cm³/mol. The fourth-order valence-corrected chi connectivity index (χ4v) is 5.58. The summed E-state index contributed by atoms with van der Waals surface area (Å²) in [7, 11) is 0. The van der Waals surface area contributed by atoms with Gasteiger partial charge in [-0.3, -0.25) is 0 Å². The highest BCUT2D eigenvalue weighted by molar-refractivity contribution is 7.25. The number of thiophene rings is 1. The molecule has 0 aromatic carbocycles. The molecule has 1 saturated heterocycles. The van der Waals surface area contributed by atoms with Gasteiger partial charge < -0.3 is 4.90 Å². The minimum atomic E-state index is 0.361. The number of hydrogen-bond acceptors (Lipinski definition) is 5. The van der Waals surface area contributed by atoms with Gasteiger partial charge >= 0.3 is 0 Å². The van der Waals surface area contributed by atoms with E-state index >= 15 is 0 Å². The van der Waals surface area contributed by atoms with Gasteiger partial charge in [-0.1, -0.05) is 13.8 Å². The Kier molecular flexibility index (Phi) is 3.71. The zero-order chi connectivity index (χ0) is 17.9. The maximum absolute atomic E-state index is 5.10. The summed E-state index contributed by atoms with van der Waals surface area (Å²) in [4.78, 5) is 18.4. The minimum absolute atomic E-state index is 0.361. The van der Waals surface area contributed by atoms with Crippen LogP contribution in [-0.2, 0) is 12.8 Å². The van der Waals surface area contributed by atoms with Crippen molar-refractivity contribution in [3.05, 3.63) is 23.1 Å². The Morgan fingerprint density at radius 3 is 2.69 bits per heavy atom. The Balaban J connectivity index is 1.71. The lowest BCUT2D eigenvalue weighted by atomic mass is 9.76. The van der Waals surface area contributed by atoms with Gasteiger partial charge in [0.2, 0.25) is 0 Å². The summed E-state index contributed by atoms with van der Waals surface area (Å²) < 4.78 is 1.22. The van der Waals surface area contributed by atoms with Crippen LogP contribution in [0.3, 0.4) is 0 Å². The summed E-state index contributed by atoms with van der Waals surface area (Å²) in [5, 5.41) is 1.23. The summed E-state index contributed by atoms with van der Waals surface area (Å²) in [5.74, 6) is 2.00. The van der Waals surface area contributed by atoms with E-state index in [0.717, 1.165) is 47.9 Å². The van der Waals surface area contributed by atoms with Crippen LogP contribution in [0.2, 0.25) is 0 Å². The third-order valence-corrected chi connectivity index (χ3v) is 7.03. The van der Waals surface area contributed by atoms with Crippen LogP contribution in [0.4, 0.5) is 5.82 Å². The maximum atomic E-state index is 5.10. The van der Waals surface area contributed by atoms with Crippen LogP contribution in [0.15, 0.2) is 6.07 Å². The number of aromatic nitrogens is 3. The van der Waals surface area contributed by atoms with E-state index in [2.05, 4.69) is 24.8 Å². The predicted octanol–water partition coefficient (Wildman–Crippen LogP) is 5.05. The monoisotopic (exact) mass is 366 g/mol. The highest BCUT2D eigenvalue weighted by atomic mass is 32.1. The average molecular weight is 367 g/mol. The molecule has 1 aliphatic carbocycles. The van der Waals surface area contributed by atoms with Gasteiger partial charge in [0.15, 0.2) is 0 Å². The molecule has 0 radical (unpaired) electrons. The third kappa shape index (κ3) is 2.68. The van der Waals surface area contributed by atoms with E-state index in [-0.39, 0.29) is 0 Å². The van der Waals surface area contributed by atoms with Crippen LogP contribution in [0.1, 0.15) is 56.6 Å². The van der Waals surface area contributed by atoms with E-state index in [4.69, 9.17) is 15.0 Å². The van der Waals surface area contributed by atoms with Gasteiger partial charge in [-0.25, -0.2) is 15.0 Å². The standard InChI is InChI=1S/C21H26N4S/c1-13-22-17-15-11-14-7-8-21(2,3)12-16(14)24-20(15)26-18(17)19(23-13)25-9-5-4-6-10-25/h11H,4-10,12H2,1-3H3. The quantitative estimate of drug-likeness (QED) is 0.604. The molecule has 5 heteroatoms. The third-order valence-electron chi connectivity index (χ3n) is 5.94. The zero-order valence-corrected chi connectivity index (χ0v) is 16.7. The lowest BCUT2D eigenvalue weighted by Gasteiger charge is -2.30. The van der Waals surface area contributed by atoms with E-state index in [1.165, 1.54) is 47.0 Å². The number of hydrogen-bond donors (Lipinski definition) is 0. The molecule has 0 unspecified atom stereocenters. The summed E-state index contributed by atoms with van der Waals surface area (Å²) in [5.41, 5.74) is 4.19. The highest BCUT2D eigenvalue weighted by Crippen LogP contribution is 2.41. The number of rotatable bonds is 1. The molecule has 5 rings (SSSR count). The molecule has 26 heavy (non-hydrogen) atoms. The van der Waals surface area contributed by atoms with Crippen LogP contribution in [-0.4, -0.2) is 28.0 Å². The van der Waals surface area contributed by atoms with E-state index in [0.29, 0.717) is 5.41 Å². The van der Waals surface area contributed by atoms with Gasteiger partial charge in [-0.2, -0.15) is 0 Å². The molecular formula is C21H26N4S. The second kappa shape index (κ2) is 5.88. The van der Waals surface area contributed by atoms with E-state index in [1.807, 2.05) is 6.92 Å². The number of piperidine rings is 1. The van der Waals surface area contributed by atoms with Gasteiger partial charge in [0, 0.05) is 24.2 Å². The van der Waals surface area contributed by atoms with Crippen molar-refractivity contribution in [1.82, 2.24) is 15.0 Å².